The number of carbonyl (C=O) groups excluding carboxylic acids is 2. The van der Waals surface area contributed by atoms with E-state index in [4.69, 9.17) is 14.5 Å². The molecule has 1 atom stereocenters. The van der Waals surface area contributed by atoms with Gasteiger partial charge < -0.3 is 14.8 Å². The summed E-state index contributed by atoms with van der Waals surface area (Å²) in [6.07, 6.45) is 3.64. The van der Waals surface area contributed by atoms with Gasteiger partial charge in [-0.25, -0.2) is 9.78 Å². The second-order valence-corrected chi connectivity index (χ2v) is 12.7. The van der Waals surface area contributed by atoms with Crippen LogP contribution in [0.25, 0.3) is 22.6 Å². The van der Waals surface area contributed by atoms with E-state index in [0.717, 1.165) is 28.1 Å². The molecule has 2 aromatic carbocycles. The van der Waals surface area contributed by atoms with Gasteiger partial charge in [0.25, 0.3) is 5.91 Å². The number of hydrogen-bond acceptors (Lipinski definition) is 8. The molecule has 10 heteroatoms. The van der Waals surface area contributed by atoms with E-state index in [-0.39, 0.29) is 22.8 Å². The Labute approximate surface area is 253 Å². The van der Waals surface area contributed by atoms with Gasteiger partial charge in [-0.2, -0.15) is 0 Å². The number of nitro benzene ring substituents is 1. The smallest absolute Gasteiger partial charge is 0.339 e. The molecule has 4 aromatic rings. The topological polar surface area (TPSA) is 121 Å². The van der Waals surface area contributed by atoms with E-state index in [1.54, 1.807) is 18.3 Å². The molecular weight excluding hydrogens is 566 g/mol. The van der Waals surface area contributed by atoms with Crippen molar-refractivity contribution >= 4 is 57.1 Å². The lowest BCUT2D eigenvalue weighted by atomic mass is 9.69. The van der Waals surface area contributed by atoms with Gasteiger partial charge in [-0.05, 0) is 71.4 Å². The number of para-hydroxylation sites is 1. The molecule has 5 rings (SSSR count). The maximum Gasteiger partial charge on any atom is 0.339 e. The second kappa shape index (κ2) is 12.0. The number of nitrogens with one attached hydrogen (secondary N) is 1. The van der Waals surface area contributed by atoms with Gasteiger partial charge in [-0.1, -0.05) is 45.0 Å². The minimum Gasteiger partial charge on any atom is -0.490 e. The van der Waals surface area contributed by atoms with Gasteiger partial charge in [0.05, 0.1) is 28.8 Å². The Morgan fingerprint density at radius 3 is 2.60 bits per heavy atom. The Balaban J connectivity index is 1.48. The molecule has 1 N–H and O–H groups in total. The van der Waals surface area contributed by atoms with Crippen molar-refractivity contribution < 1.29 is 24.0 Å². The monoisotopic (exact) mass is 599 g/mol. The zero-order valence-electron chi connectivity index (χ0n) is 24.7. The Kier molecular flexibility index (Phi) is 8.32. The number of thiophene rings is 1. The van der Waals surface area contributed by atoms with Gasteiger partial charge >= 0.3 is 11.7 Å². The van der Waals surface area contributed by atoms with Crippen LogP contribution in [0.1, 0.15) is 59.2 Å². The zero-order chi connectivity index (χ0) is 30.9. The minimum absolute atomic E-state index is 0.0117. The second-order valence-electron chi connectivity index (χ2n) is 11.7. The van der Waals surface area contributed by atoms with Crippen LogP contribution < -0.4 is 10.1 Å². The number of amides is 1. The van der Waals surface area contributed by atoms with E-state index >= 15 is 0 Å². The van der Waals surface area contributed by atoms with Gasteiger partial charge in [0.2, 0.25) is 0 Å². The molecule has 9 nitrogen and oxygen atoms in total. The normalized spacial score (nSPS) is 15.7. The van der Waals surface area contributed by atoms with E-state index in [1.165, 1.54) is 19.2 Å². The summed E-state index contributed by atoms with van der Waals surface area (Å²) in [6, 6.07) is 14.3. The third-order valence-corrected chi connectivity index (χ3v) is 8.65. The maximum absolute atomic E-state index is 13.8. The predicted octanol–water partition coefficient (Wildman–Crippen LogP) is 7.47. The lowest BCUT2D eigenvalue weighted by Crippen LogP contribution is -2.29. The van der Waals surface area contributed by atoms with Crippen LogP contribution in [0.3, 0.4) is 0 Å². The molecule has 1 amide bonds. The van der Waals surface area contributed by atoms with Gasteiger partial charge in [0.1, 0.15) is 0 Å². The lowest BCUT2D eigenvalue weighted by molar-refractivity contribution is -0.385. The average molecular weight is 600 g/mol. The summed E-state index contributed by atoms with van der Waals surface area (Å²) < 4.78 is 10.7. The molecule has 2 aromatic heterocycles. The van der Waals surface area contributed by atoms with Gasteiger partial charge in [0, 0.05) is 28.1 Å². The Hall–Kier alpha value is -4.57. The number of benzene rings is 2. The van der Waals surface area contributed by atoms with Crippen LogP contribution in [-0.4, -0.2) is 35.5 Å². The first-order chi connectivity index (χ1) is 20.5. The number of nitro groups is 1. The van der Waals surface area contributed by atoms with Gasteiger partial charge in [-0.15, -0.1) is 11.3 Å². The van der Waals surface area contributed by atoms with E-state index in [9.17, 15) is 19.7 Å². The van der Waals surface area contributed by atoms with Crippen LogP contribution >= 0.6 is 11.3 Å². The molecule has 0 saturated heterocycles. The number of carbonyl (C=O) groups is 2. The predicted molar refractivity (Wildman–Crippen MR) is 168 cm³/mol. The first-order valence-corrected chi connectivity index (χ1v) is 14.8. The van der Waals surface area contributed by atoms with Crippen molar-refractivity contribution in [2.75, 3.05) is 19.0 Å². The summed E-state index contributed by atoms with van der Waals surface area (Å²) in [7, 11) is 1.32. The van der Waals surface area contributed by atoms with Crippen LogP contribution in [-0.2, 0) is 16.0 Å². The van der Waals surface area contributed by atoms with Crippen molar-refractivity contribution in [3.8, 4) is 5.75 Å². The van der Waals surface area contributed by atoms with Crippen LogP contribution in [0.15, 0.2) is 53.9 Å². The molecule has 1 unspecified atom stereocenters. The molecule has 0 fully saturated rings. The van der Waals surface area contributed by atoms with Crippen molar-refractivity contribution in [2.24, 2.45) is 11.3 Å². The molecule has 0 aliphatic heterocycles. The number of allylic oxidation sites excluding steroid dienone is 1. The molecule has 0 spiro atoms. The van der Waals surface area contributed by atoms with Crippen molar-refractivity contribution in [3.63, 3.8) is 0 Å². The van der Waals surface area contributed by atoms with Gasteiger partial charge in [0.15, 0.2) is 12.4 Å². The molecule has 2 heterocycles. The van der Waals surface area contributed by atoms with E-state index in [0.29, 0.717) is 34.1 Å². The molecule has 222 valence electrons. The first kappa shape index (κ1) is 29.9. The summed E-state index contributed by atoms with van der Waals surface area (Å²) >= 11 is 1.65. The molecule has 0 bridgehead atoms. The Morgan fingerprint density at radius 2 is 1.93 bits per heavy atom. The zero-order valence-corrected chi connectivity index (χ0v) is 25.5. The molecule has 0 radical (unpaired) electrons. The molecule has 0 saturated carbocycles. The average Bonchev–Trinajstić information content (AvgIpc) is 3.48. The Bertz CT molecular complexity index is 1750. The SMILES string of the molecule is COc1cc(NC(=O)COC(=O)c2c3c(nc4ccccc24)/C(=C/c2cccs2)CC(C(C)(C)C)C3)c(C)cc1[N+](=O)[O-]. The third-order valence-electron chi connectivity index (χ3n) is 7.83. The summed E-state index contributed by atoms with van der Waals surface area (Å²) in [5.74, 6) is -0.917. The van der Waals surface area contributed by atoms with E-state index < -0.39 is 23.4 Å². The van der Waals surface area contributed by atoms with Gasteiger partial charge in [-0.3, -0.25) is 14.9 Å². The number of anilines is 1. The van der Waals surface area contributed by atoms with Crippen molar-refractivity contribution in [2.45, 2.75) is 40.5 Å². The van der Waals surface area contributed by atoms with Crippen molar-refractivity contribution in [3.05, 3.63) is 91.3 Å². The van der Waals surface area contributed by atoms with Crippen LogP contribution in [0.4, 0.5) is 11.4 Å². The molecule has 1 aliphatic carbocycles. The number of nitrogens with zero attached hydrogens (tertiary/aromatic N) is 2. The molecule has 1 aliphatic rings. The standard InChI is InChI=1S/C33H33N3O6S/c1-19-13-27(36(39)40)28(41-5)17-26(19)34-29(37)18-42-32(38)30-23-10-6-7-11-25(23)35-31-20(15-22-9-8-12-43-22)14-21(16-24(30)31)33(2,3)4/h6-13,15,17,21H,14,16,18H2,1-5H3,(H,34,37)/b20-15+. The number of fused-ring (bicyclic) bond motifs is 2. The number of aromatic nitrogens is 1. The minimum atomic E-state index is -0.604. The fourth-order valence-corrected chi connectivity index (χ4v) is 6.10. The summed E-state index contributed by atoms with van der Waals surface area (Å²) in [4.78, 5) is 43.6. The Morgan fingerprint density at radius 1 is 1.16 bits per heavy atom. The van der Waals surface area contributed by atoms with Crippen molar-refractivity contribution in [1.29, 1.82) is 0 Å². The number of rotatable bonds is 7. The van der Waals surface area contributed by atoms with E-state index in [1.807, 2.05) is 35.7 Å². The highest BCUT2D eigenvalue weighted by Crippen LogP contribution is 2.45. The quantitative estimate of drug-likeness (QED) is 0.133. The highest BCUT2D eigenvalue weighted by Gasteiger charge is 2.35. The van der Waals surface area contributed by atoms with Crippen LogP contribution in [0.5, 0.6) is 5.75 Å². The number of methoxy groups -OCH3 is 1. The number of esters is 1. The maximum atomic E-state index is 13.8. The third kappa shape index (κ3) is 6.29. The fraction of sp³-hybridized carbons (Fsp3) is 0.303. The van der Waals surface area contributed by atoms with Crippen LogP contribution in [0.2, 0.25) is 0 Å². The lowest BCUT2D eigenvalue weighted by Gasteiger charge is -2.36. The van der Waals surface area contributed by atoms with E-state index in [2.05, 4.69) is 38.2 Å². The summed E-state index contributed by atoms with van der Waals surface area (Å²) in [5, 5.41) is 16.7. The number of ether oxygens (including phenoxy) is 2. The number of aryl methyl sites for hydroxylation is 1. The number of pyridine rings is 1. The fourth-order valence-electron chi connectivity index (χ4n) is 5.42. The molecular formula is C33H33N3O6S. The largest absolute Gasteiger partial charge is 0.490 e. The highest BCUT2D eigenvalue weighted by atomic mass is 32.1. The highest BCUT2D eigenvalue weighted by molar-refractivity contribution is 7.10. The van der Waals surface area contributed by atoms with Crippen molar-refractivity contribution in [1.82, 2.24) is 4.98 Å². The number of hydrogen-bond donors (Lipinski definition) is 1. The summed E-state index contributed by atoms with van der Waals surface area (Å²) in [5.41, 5.74) is 4.36. The van der Waals surface area contributed by atoms with Crippen LogP contribution in [0, 0.1) is 28.4 Å². The summed E-state index contributed by atoms with van der Waals surface area (Å²) in [6.45, 7) is 7.71. The molecule has 43 heavy (non-hydrogen) atoms. The first-order valence-electron chi connectivity index (χ1n) is 13.9.